The Balaban J connectivity index is 2.39. The minimum atomic E-state index is -1.01. The van der Waals surface area contributed by atoms with Crippen LogP contribution in [0, 0.1) is 0 Å². The maximum atomic E-state index is 11.5. The Kier molecular flexibility index (Phi) is 5.60. The Labute approximate surface area is 111 Å². The van der Waals surface area contributed by atoms with Crippen molar-refractivity contribution in [3.05, 3.63) is 47.5 Å². The number of carbonyl (C=O) groups is 2. The molecule has 0 bridgehead atoms. The van der Waals surface area contributed by atoms with Gasteiger partial charge < -0.3 is 15.2 Å². The van der Waals surface area contributed by atoms with E-state index in [0.29, 0.717) is 0 Å². The molecule has 102 valence electrons. The summed E-state index contributed by atoms with van der Waals surface area (Å²) >= 11 is 0. The number of benzene rings is 1. The molecule has 0 fully saturated rings. The molecule has 1 aromatic carbocycles. The summed E-state index contributed by atoms with van der Waals surface area (Å²) in [5, 5.41) is 11.2. The highest BCUT2D eigenvalue weighted by Gasteiger charge is 2.08. The van der Waals surface area contributed by atoms with Gasteiger partial charge in [-0.1, -0.05) is 36.4 Å². The van der Waals surface area contributed by atoms with Crippen LogP contribution >= 0.6 is 0 Å². The van der Waals surface area contributed by atoms with Gasteiger partial charge in [0.15, 0.2) is 0 Å². The molecule has 0 spiro atoms. The molecule has 0 heterocycles. The van der Waals surface area contributed by atoms with Crippen molar-refractivity contribution in [3.63, 3.8) is 0 Å². The number of hydrogen-bond donors (Lipinski definition) is 2. The average molecular weight is 263 g/mol. The third-order valence-electron chi connectivity index (χ3n) is 2.40. The van der Waals surface area contributed by atoms with Crippen molar-refractivity contribution in [1.82, 2.24) is 5.32 Å². The predicted molar refractivity (Wildman–Crippen MR) is 70.6 cm³/mol. The van der Waals surface area contributed by atoms with Crippen molar-refractivity contribution in [1.29, 1.82) is 0 Å². The van der Waals surface area contributed by atoms with E-state index in [1.54, 1.807) is 6.92 Å². The topological polar surface area (TPSA) is 75.6 Å². The SMILES string of the molecule is C/C(=C\C(C)NC(=O)OCc1ccccc1)C(=O)O. The second-order valence-electron chi connectivity index (χ2n) is 4.15. The molecule has 0 aliphatic carbocycles. The van der Waals surface area contributed by atoms with Crippen LogP contribution in [0.4, 0.5) is 4.79 Å². The van der Waals surface area contributed by atoms with Crippen molar-refractivity contribution in [3.8, 4) is 0 Å². The lowest BCUT2D eigenvalue weighted by Gasteiger charge is -2.11. The number of amides is 1. The van der Waals surface area contributed by atoms with E-state index in [2.05, 4.69) is 5.32 Å². The highest BCUT2D eigenvalue weighted by Crippen LogP contribution is 2.01. The second-order valence-corrected chi connectivity index (χ2v) is 4.15. The van der Waals surface area contributed by atoms with Gasteiger partial charge in [-0.25, -0.2) is 9.59 Å². The number of carboxylic acids is 1. The van der Waals surface area contributed by atoms with Gasteiger partial charge in [0, 0.05) is 11.6 Å². The van der Waals surface area contributed by atoms with Gasteiger partial charge in [0.1, 0.15) is 6.61 Å². The molecule has 0 aliphatic rings. The molecular weight excluding hydrogens is 246 g/mol. The van der Waals surface area contributed by atoms with Crippen LogP contribution in [0.25, 0.3) is 0 Å². The van der Waals surface area contributed by atoms with E-state index in [1.165, 1.54) is 13.0 Å². The van der Waals surface area contributed by atoms with Crippen LogP contribution in [0.1, 0.15) is 19.4 Å². The van der Waals surface area contributed by atoms with Gasteiger partial charge in [-0.15, -0.1) is 0 Å². The molecule has 0 aliphatic heterocycles. The number of ether oxygens (including phenoxy) is 1. The summed E-state index contributed by atoms with van der Waals surface area (Å²) in [5.41, 5.74) is 1.07. The number of carbonyl (C=O) groups excluding carboxylic acids is 1. The van der Waals surface area contributed by atoms with Crippen LogP contribution in [0.3, 0.4) is 0 Å². The summed E-state index contributed by atoms with van der Waals surface area (Å²) in [5.74, 6) is -1.01. The number of hydrogen-bond acceptors (Lipinski definition) is 3. The fraction of sp³-hybridized carbons (Fsp3) is 0.286. The Morgan fingerprint density at radius 1 is 1.37 bits per heavy atom. The Morgan fingerprint density at radius 3 is 2.58 bits per heavy atom. The zero-order chi connectivity index (χ0) is 14.3. The van der Waals surface area contributed by atoms with E-state index in [-0.39, 0.29) is 12.2 Å². The van der Waals surface area contributed by atoms with Gasteiger partial charge in [0.25, 0.3) is 0 Å². The molecule has 1 amide bonds. The molecular formula is C14H17NO4. The van der Waals surface area contributed by atoms with Crippen LogP contribution in [0.15, 0.2) is 42.0 Å². The number of alkyl carbamates (subject to hydrolysis) is 1. The normalized spacial score (nSPS) is 12.6. The monoisotopic (exact) mass is 263 g/mol. The smallest absolute Gasteiger partial charge is 0.407 e. The van der Waals surface area contributed by atoms with E-state index < -0.39 is 18.1 Å². The molecule has 0 saturated carbocycles. The van der Waals surface area contributed by atoms with Crippen molar-refractivity contribution in [2.45, 2.75) is 26.5 Å². The number of carboxylic acid groups (broad SMARTS) is 1. The zero-order valence-electron chi connectivity index (χ0n) is 10.9. The lowest BCUT2D eigenvalue weighted by Crippen LogP contribution is -2.32. The van der Waals surface area contributed by atoms with Crippen LogP contribution in [-0.2, 0) is 16.1 Å². The number of rotatable bonds is 5. The van der Waals surface area contributed by atoms with E-state index >= 15 is 0 Å². The molecule has 0 radical (unpaired) electrons. The molecule has 0 saturated heterocycles. The third kappa shape index (κ3) is 5.72. The maximum Gasteiger partial charge on any atom is 0.407 e. The van der Waals surface area contributed by atoms with Crippen LogP contribution in [0.5, 0.6) is 0 Å². The van der Waals surface area contributed by atoms with Gasteiger partial charge in [-0.05, 0) is 19.4 Å². The number of nitrogens with one attached hydrogen (secondary N) is 1. The molecule has 5 heteroatoms. The minimum Gasteiger partial charge on any atom is -0.478 e. The van der Waals surface area contributed by atoms with E-state index in [4.69, 9.17) is 9.84 Å². The van der Waals surface area contributed by atoms with Crippen LogP contribution in [-0.4, -0.2) is 23.2 Å². The van der Waals surface area contributed by atoms with Crippen LogP contribution < -0.4 is 5.32 Å². The number of aliphatic carboxylic acids is 1. The molecule has 1 atom stereocenters. The lowest BCUT2D eigenvalue weighted by molar-refractivity contribution is -0.132. The first kappa shape index (κ1) is 14.8. The van der Waals surface area contributed by atoms with Crippen molar-refractivity contribution in [2.75, 3.05) is 0 Å². The summed E-state index contributed by atoms with van der Waals surface area (Å²) in [7, 11) is 0. The van der Waals surface area contributed by atoms with Gasteiger partial charge in [-0.2, -0.15) is 0 Å². The standard InChI is InChI=1S/C14H17NO4/c1-10(13(16)17)8-11(2)15-14(18)19-9-12-6-4-3-5-7-12/h3-8,11H,9H2,1-2H3,(H,15,18)(H,16,17)/b10-8+. The van der Waals surface area contributed by atoms with E-state index in [0.717, 1.165) is 5.56 Å². The first-order valence-corrected chi connectivity index (χ1v) is 5.88. The molecule has 19 heavy (non-hydrogen) atoms. The quantitative estimate of drug-likeness (QED) is 0.799. The van der Waals surface area contributed by atoms with Crippen LogP contribution in [0.2, 0.25) is 0 Å². The lowest BCUT2D eigenvalue weighted by atomic mass is 10.2. The summed E-state index contributed by atoms with van der Waals surface area (Å²) < 4.78 is 5.01. The zero-order valence-corrected chi connectivity index (χ0v) is 10.9. The highest BCUT2D eigenvalue weighted by atomic mass is 16.5. The van der Waals surface area contributed by atoms with E-state index in [9.17, 15) is 9.59 Å². The largest absolute Gasteiger partial charge is 0.478 e. The molecule has 0 aromatic heterocycles. The van der Waals surface area contributed by atoms with Crippen molar-refractivity contribution < 1.29 is 19.4 Å². The highest BCUT2D eigenvalue weighted by molar-refractivity contribution is 5.86. The summed E-state index contributed by atoms with van der Waals surface area (Å²) in [6, 6.07) is 8.90. The summed E-state index contributed by atoms with van der Waals surface area (Å²) in [6.07, 6.45) is 0.873. The molecule has 5 nitrogen and oxygen atoms in total. The second kappa shape index (κ2) is 7.20. The minimum absolute atomic E-state index is 0.177. The Bertz CT molecular complexity index is 468. The van der Waals surface area contributed by atoms with Crippen molar-refractivity contribution in [2.24, 2.45) is 0 Å². The van der Waals surface area contributed by atoms with Gasteiger partial charge in [0.05, 0.1) is 0 Å². The first-order valence-electron chi connectivity index (χ1n) is 5.88. The molecule has 1 rings (SSSR count). The third-order valence-corrected chi connectivity index (χ3v) is 2.40. The summed E-state index contributed by atoms with van der Waals surface area (Å²) in [6.45, 7) is 3.33. The summed E-state index contributed by atoms with van der Waals surface area (Å²) in [4.78, 5) is 22.1. The molecule has 2 N–H and O–H groups in total. The predicted octanol–water partition coefficient (Wildman–Crippen LogP) is 2.33. The van der Waals surface area contributed by atoms with Gasteiger partial charge >= 0.3 is 12.1 Å². The maximum absolute atomic E-state index is 11.5. The van der Waals surface area contributed by atoms with E-state index in [1.807, 2.05) is 30.3 Å². The average Bonchev–Trinajstić information content (AvgIpc) is 2.37. The van der Waals surface area contributed by atoms with Crippen molar-refractivity contribution >= 4 is 12.1 Å². The van der Waals surface area contributed by atoms with Gasteiger partial charge in [-0.3, -0.25) is 0 Å². The fourth-order valence-electron chi connectivity index (χ4n) is 1.44. The Morgan fingerprint density at radius 2 is 2.00 bits per heavy atom. The Hall–Kier alpha value is -2.30. The molecule has 1 unspecified atom stereocenters. The molecule has 1 aromatic rings. The fourth-order valence-corrected chi connectivity index (χ4v) is 1.44. The van der Waals surface area contributed by atoms with Gasteiger partial charge in [0.2, 0.25) is 0 Å². The first-order chi connectivity index (χ1) is 8.99.